The first kappa shape index (κ1) is 17.0. The van der Waals surface area contributed by atoms with E-state index in [9.17, 15) is 30.3 Å². The Bertz CT molecular complexity index is 707. The molecule has 122 valence electrons. The van der Waals surface area contributed by atoms with Crippen LogP contribution in [-0.2, 0) is 15.0 Å². The third-order valence-electron chi connectivity index (χ3n) is 2.93. The quantitative estimate of drug-likeness (QED) is 0.572. The summed E-state index contributed by atoms with van der Waals surface area (Å²) in [5, 5.41) is -1.49. The van der Waals surface area contributed by atoms with Crippen LogP contribution in [0.15, 0.2) is 22.7 Å². The molecule has 0 aliphatic carbocycles. The summed E-state index contributed by atoms with van der Waals surface area (Å²) in [6.45, 7) is -0.407. The monoisotopic (exact) mass is 405 g/mol. The molecule has 1 saturated heterocycles. The predicted octanol–water partition coefficient (Wildman–Crippen LogP) is 2.75. The highest BCUT2D eigenvalue weighted by molar-refractivity contribution is 9.10. The van der Waals surface area contributed by atoms with E-state index in [0.717, 1.165) is 23.1 Å². The molecule has 1 aromatic carbocycles. The number of carbonyl (C=O) groups is 1. The maximum absolute atomic E-state index is 12.9. The van der Waals surface area contributed by atoms with Crippen molar-refractivity contribution in [2.45, 2.75) is 18.0 Å². The van der Waals surface area contributed by atoms with Crippen LogP contribution in [0, 0.1) is 0 Å². The summed E-state index contributed by atoms with van der Waals surface area (Å²) >= 11 is 2.98. The van der Waals surface area contributed by atoms with Gasteiger partial charge >= 0.3 is 16.6 Å². The Morgan fingerprint density at radius 2 is 1.95 bits per heavy atom. The van der Waals surface area contributed by atoms with E-state index < -0.39 is 46.5 Å². The molecule has 1 unspecified atom stereocenters. The number of anilines is 1. The van der Waals surface area contributed by atoms with Gasteiger partial charge in [0.1, 0.15) is 11.0 Å². The van der Waals surface area contributed by atoms with Gasteiger partial charge in [0, 0.05) is 17.4 Å². The Kier molecular flexibility index (Phi) is 4.39. The zero-order chi connectivity index (χ0) is 16.7. The molecular formula is C11H8BrF4NO4S. The normalized spacial score (nSPS) is 19.6. The molecule has 0 aromatic heterocycles. The van der Waals surface area contributed by atoms with Gasteiger partial charge in [0.05, 0.1) is 5.69 Å². The number of ether oxygens (including phenoxy) is 1. The fourth-order valence-corrected chi connectivity index (χ4v) is 3.24. The molecule has 1 aliphatic heterocycles. The fourth-order valence-electron chi connectivity index (χ4n) is 2.00. The van der Waals surface area contributed by atoms with Crippen LogP contribution in [0.4, 0.5) is 22.7 Å². The Morgan fingerprint density at radius 1 is 1.32 bits per heavy atom. The number of nitrogens with zero attached hydrogens (tertiary/aromatic N) is 1. The second-order valence-corrected chi connectivity index (χ2v) is 6.94. The first-order chi connectivity index (χ1) is 9.97. The smallest absolute Gasteiger partial charge is 0.406 e. The van der Waals surface area contributed by atoms with E-state index in [1.807, 2.05) is 0 Å². The van der Waals surface area contributed by atoms with E-state index in [1.54, 1.807) is 0 Å². The number of halogens is 5. The summed E-state index contributed by atoms with van der Waals surface area (Å²) < 4.78 is 74.8. The van der Waals surface area contributed by atoms with Gasteiger partial charge in [-0.3, -0.25) is 4.79 Å². The molecular weight excluding hydrogens is 398 g/mol. The van der Waals surface area contributed by atoms with Crippen molar-refractivity contribution >= 4 is 37.7 Å². The lowest BCUT2D eigenvalue weighted by Crippen LogP contribution is -2.27. The molecule has 0 saturated carbocycles. The highest BCUT2D eigenvalue weighted by Crippen LogP contribution is 2.35. The van der Waals surface area contributed by atoms with Crippen molar-refractivity contribution in [3.8, 4) is 5.75 Å². The van der Waals surface area contributed by atoms with Crippen molar-refractivity contribution in [2.75, 3.05) is 11.4 Å². The number of carbonyl (C=O) groups excluding carboxylic acids is 1. The van der Waals surface area contributed by atoms with Gasteiger partial charge < -0.3 is 9.64 Å². The standard InChI is InChI=1S/C11H8BrF4NO4S/c12-8-3-6(21-11(13,14)15)1-2-9(8)17-5-7(4-10(17)18)22(16,19)20/h1-3,7H,4-5H2. The molecule has 0 bridgehead atoms. The van der Waals surface area contributed by atoms with Gasteiger partial charge in [-0.2, -0.15) is 8.42 Å². The first-order valence-electron chi connectivity index (χ1n) is 5.76. The molecule has 5 nitrogen and oxygen atoms in total. The van der Waals surface area contributed by atoms with Crippen LogP contribution in [0.25, 0.3) is 0 Å². The van der Waals surface area contributed by atoms with Crippen molar-refractivity contribution < 1.29 is 35.0 Å². The predicted molar refractivity (Wildman–Crippen MR) is 71.6 cm³/mol. The highest BCUT2D eigenvalue weighted by atomic mass is 79.9. The van der Waals surface area contributed by atoms with E-state index in [4.69, 9.17) is 0 Å². The number of alkyl halides is 3. The van der Waals surface area contributed by atoms with Crippen molar-refractivity contribution in [3.05, 3.63) is 22.7 Å². The van der Waals surface area contributed by atoms with E-state index in [0.29, 0.717) is 0 Å². The second kappa shape index (κ2) is 5.69. The van der Waals surface area contributed by atoms with Gasteiger partial charge in [-0.05, 0) is 34.1 Å². The second-order valence-electron chi connectivity index (χ2n) is 4.47. The number of benzene rings is 1. The Labute approximate surface area is 131 Å². The third-order valence-corrected chi connectivity index (χ3v) is 4.68. The number of hydrogen-bond donors (Lipinski definition) is 0. The fraction of sp³-hybridized carbons (Fsp3) is 0.364. The Morgan fingerprint density at radius 3 is 2.41 bits per heavy atom. The zero-order valence-electron chi connectivity index (χ0n) is 10.6. The van der Waals surface area contributed by atoms with E-state index >= 15 is 0 Å². The van der Waals surface area contributed by atoms with Crippen LogP contribution in [0.5, 0.6) is 5.75 Å². The molecule has 2 rings (SSSR count). The minimum atomic E-state index is -4.87. The summed E-state index contributed by atoms with van der Waals surface area (Å²) in [4.78, 5) is 12.7. The SMILES string of the molecule is O=C1CC(S(=O)(=O)F)CN1c1ccc(OC(F)(F)F)cc1Br. The summed E-state index contributed by atoms with van der Waals surface area (Å²) in [6, 6.07) is 3.10. The lowest BCUT2D eigenvalue weighted by molar-refractivity contribution is -0.274. The Balaban J connectivity index is 2.25. The molecule has 1 atom stereocenters. The molecule has 0 spiro atoms. The molecule has 0 radical (unpaired) electrons. The van der Waals surface area contributed by atoms with Crippen molar-refractivity contribution in [2.24, 2.45) is 0 Å². The van der Waals surface area contributed by atoms with Crippen LogP contribution in [-0.4, -0.2) is 32.5 Å². The van der Waals surface area contributed by atoms with Crippen molar-refractivity contribution in [1.29, 1.82) is 0 Å². The van der Waals surface area contributed by atoms with Gasteiger partial charge in [0.15, 0.2) is 0 Å². The summed E-state index contributed by atoms with van der Waals surface area (Å²) in [6.07, 6.45) is -5.39. The lowest BCUT2D eigenvalue weighted by atomic mass is 10.3. The van der Waals surface area contributed by atoms with Crippen LogP contribution >= 0.6 is 15.9 Å². The molecule has 0 N–H and O–H groups in total. The molecule has 1 amide bonds. The number of hydrogen-bond acceptors (Lipinski definition) is 4. The maximum atomic E-state index is 12.9. The van der Waals surface area contributed by atoms with Crippen LogP contribution in [0.3, 0.4) is 0 Å². The minimum absolute atomic E-state index is 0.0829. The van der Waals surface area contributed by atoms with Gasteiger partial charge in [-0.25, -0.2) is 0 Å². The average molecular weight is 406 g/mol. The largest absolute Gasteiger partial charge is 0.573 e. The highest BCUT2D eigenvalue weighted by Gasteiger charge is 2.39. The summed E-state index contributed by atoms with van der Waals surface area (Å²) in [5.74, 6) is -1.15. The molecule has 1 aromatic rings. The lowest BCUT2D eigenvalue weighted by Gasteiger charge is -2.19. The van der Waals surface area contributed by atoms with Gasteiger partial charge in [0.25, 0.3) is 0 Å². The van der Waals surface area contributed by atoms with Gasteiger partial charge in [-0.1, -0.05) is 0 Å². The van der Waals surface area contributed by atoms with E-state index in [2.05, 4.69) is 20.7 Å². The van der Waals surface area contributed by atoms with Crippen molar-refractivity contribution in [1.82, 2.24) is 0 Å². The van der Waals surface area contributed by atoms with Crippen LogP contribution in [0.1, 0.15) is 6.42 Å². The zero-order valence-corrected chi connectivity index (χ0v) is 13.0. The topological polar surface area (TPSA) is 63.7 Å². The van der Waals surface area contributed by atoms with E-state index in [1.165, 1.54) is 0 Å². The molecule has 22 heavy (non-hydrogen) atoms. The van der Waals surface area contributed by atoms with Crippen LogP contribution in [0.2, 0.25) is 0 Å². The minimum Gasteiger partial charge on any atom is -0.406 e. The third kappa shape index (κ3) is 3.88. The first-order valence-corrected chi connectivity index (χ1v) is 8.00. The van der Waals surface area contributed by atoms with Crippen molar-refractivity contribution in [3.63, 3.8) is 0 Å². The molecule has 1 aliphatic rings. The summed E-state index contributed by atoms with van der Waals surface area (Å²) in [5.41, 5.74) is 0.130. The molecule has 1 fully saturated rings. The van der Waals surface area contributed by atoms with E-state index in [-0.39, 0.29) is 10.2 Å². The number of amides is 1. The average Bonchev–Trinajstić information content (AvgIpc) is 2.69. The summed E-state index contributed by atoms with van der Waals surface area (Å²) in [7, 11) is -4.87. The maximum Gasteiger partial charge on any atom is 0.573 e. The van der Waals surface area contributed by atoms with Gasteiger partial charge in [-0.15, -0.1) is 17.1 Å². The van der Waals surface area contributed by atoms with Gasteiger partial charge in [0.2, 0.25) is 5.91 Å². The molecule has 1 heterocycles. The molecule has 11 heteroatoms. The van der Waals surface area contributed by atoms with Crippen LogP contribution < -0.4 is 9.64 Å². The Hall–Kier alpha value is -1.36. The number of rotatable bonds is 3.